The highest BCUT2D eigenvalue weighted by Crippen LogP contribution is 2.35. The van der Waals surface area contributed by atoms with Gasteiger partial charge in [0.25, 0.3) is 0 Å². The topological polar surface area (TPSA) is 35.2 Å². The molecule has 0 aliphatic heterocycles. The maximum atomic E-state index is 5.96. The molecule has 1 atom stereocenters. The van der Waals surface area contributed by atoms with Crippen LogP contribution >= 0.6 is 34.8 Å². The third kappa shape index (κ3) is 3.70. The van der Waals surface area contributed by atoms with Gasteiger partial charge in [0.15, 0.2) is 5.75 Å². The van der Waals surface area contributed by atoms with Crippen molar-refractivity contribution >= 4 is 34.8 Å². The first-order valence-corrected chi connectivity index (χ1v) is 6.08. The van der Waals surface area contributed by atoms with Gasteiger partial charge in [-0.2, -0.15) is 0 Å². The van der Waals surface area contributed by atoms with E-state index in [-0.39, 0.29) is 6.04 Å². The van der Waals surface area contributed by atoms with Gasteiger partial charge in [0.2, 0.25) is 0 Å². The third-order valence-electron chi connectivity index (χ3n) is 2.24. The smallest absolute Gasteiger partial charge is 0.156 e. The number of ether oxygens (including phenoxy) is 1. The fourth-order valence-corrected chi connectivity index (χ4v) is 1.96. The zero-order valence-electron chi connectivity index (χ0n) is 9.14. The molecule has 0 aliphatic carbocycles. The van der Waals surface area contributed by atoms with E-state index >= 15 is 0 Å². The first-order chi connectivity index (χ1) is 7.41. The highest BCUT2D eigenvalue weighted by atomic mass is 35.5. The maximum Gasteiger partial charge on any atom is 0.156 e. The van der Waals surface area contributed by atoms with Crippen molar-refractivity contribution in [2.24, 2.45) is 11.7 Å². The number of hydrogen-bond donors (Lipinski definition) is 1. The van der Waals surface area contributed by atoms with Crippen LogP contribution in [0, 0.1) is 5.92 Å². The van der Waals surface area contributed by atoms with Crippen LogP contribution in [-0.2, 0) is 0 Å². The summed E-state index contributed by atoms with van der Waals surface area (Å²) >= 11 is 17.7. The number of halogens is 3. The summed E-state index contributed by atoms with van der Waals surface area (Å²) in [5.74, 6) is 0.772. The highest BCUT2D eigenvalue weighted by Gasteiger charge is 2.13. The molecule has 0 amide bonds. The van der Waals surface area contributed by atoms with Gasteiger partial charge < -0.3 is 10.5 Å². The van der Waals surface area contributed by atoms with Crippen molar-refractivity contribution in [3.63, 3.8) is 0 Å². The Kier molecular flexibility index (Phi) is 5.19. The molecule has 0 aliphatic rings. The van der Waals surface area contributed by atoms with Gasteiger partial charge in [-0.1, -0.05) is 48.7 Å². The Morgan fingerprint density at radius 2 is 1.69 bits per heavy atom. The largest absolute Gasteiger partial charge is 0.489 e. The number of benzene rings is 1. The Morgan fingerprint density at radius 1 is 1.19 bits per heavy atom. The van der Waals surface area contributed by atoms with Gasteiger partial charge in [0, 0.05) is 11.1 Å². The van der Waals surface area contributed by atoms with Crippen LogP contribution in [-0.4, -0.2) is 12.6 Å². The van der Waals surface area contributed by atoms with E-state index < -0.39 is 0 Å². The number of rotatable bonds is 4. The van der Waals surface area contributed by atoms with Gasteiger partial charge in [0.1, 0.15) is 6.61 Å². The van der Waals surface area contributed by atoms with Crippen molar-refractivity contribution in [1.82, 2.24) is 0 Å². The van der Waals surface area contributed by atoms with Gasteiger partial charge >= 0.3 is 0 Å². The van der Waals surface area contributed by atoms with Crippen molar-refractivity contribution in [2.75, 3.05) is 6.61 Å². The van der Waals surface area contributed by atoms with E-state index in [0.29, 0.717) is 33.3 Å². The molecular formula is C11H14Cl3NO. The van der Waals surface area contributed by atoms with Crippen LogP contribution in [0.1, 0.15) is 13.8 Å². The summed E-state index contributed by atoms with van der Waals surface area (Å²) in [6, 6.07) is 3.12. The quantitative estimate of drug-likeness (QED) is 0.905. The summed E-state index contributed by atoms with van der Waals surface area (Å²) in [7, 11) is 0. The lowest BCUT2D eigenvalue weighted by Crippen LogP contribution is -2.33. The minimum Gasteiger partial charge on any atom is -0.489 e. The molecule has 90 valence electrons. The SMILES string of the molecule is CC(C)C(N)COc1c(Cl)cc(Cl)cc1Cl. The van der Waals surface area contributed by atoms with Gasteiger partial charge in [-0.3, -0.25) is 0 Å². The molecule has 5 heteroatoms. The predicted molar refractivity (Wildman–Crippen MR) is 69.8 cm³/mol. The molecule has 0 bridgehead atoms. The molecule has 2 nitrogen and oxygen atoms in total. The van der Waals surface area contributed by atoms with Crippen LogP contribution in [0.4, 0.5) is 0 Å². The fraction of sp³-hybridized carbons (Fsp3) is 0.455. The van der Waals surface area contributed by atoms with Crippen LogP contribution in [0.25, 0.3) is 0 Å². The first-order valence-electron chi connectivity index (χ1n) is 4.94. The Balaban J connectivity index is 2.74. The van der Waals surface area contributed by atoms with Crippen molar-refractivity contribution in [3.05, 3.63) is 27.2 Å². The van der Waals surface area contributed by atoms with Gasteiger partial charge in [-0.25, -0.2) is 0 Å². The zero-order valence-corrected chi connectivity index (χ0v) is 11.4. The molecule has 1 aromatic carbocycles. The predicted octanol–water partition coefficient (Wildman–Crippen LogP) is 4.01. The molecule has 16 heavy (non-hydrogen) atoms. The second-order valence-electron chi connectivity index (χ2n) is 3.92. The number of nitrogens with two attached hydrogens (primary N) is 1. The minimum atomic E-state index is -0.0530. The van der Waals surface area contributed by atoms with E-state index in [1.54, 1.807) is 12.1 Å². The van der Waals surface area contributed by atoms with Crippen molar-refractivity contribution < 1.29 is 4.74 Å². The second kappa shape index (κ2) is 5.97. The number of hydrogen-bond acceptors (Lipinski definition) is 2. The Hall–Kier alpha value is -0.150. The summed E-state index contributed by atoms with van der Waals surface area (Å²) in [5.41, 5.74) is 5.86. The summed E-state index contributed by atoms with van der Waals surface area (Å²) in [6.45, 7) is 4.43. The normalized spacial score (nSPS) is 12.9. The lowest BCUT2D eigenvalue weighted by Gasteiger charge is -2.17. The molecule has 1 aromatic rings. The molecular weight excluding hydrogens is 268 g/mol. The first kappa shape index (κ1) is 13.9. The molecule has 1 unspecified atom stereocenters. The highest BCUT2D eigenvalue weighted by molar-refractivity contribution is 6.40. The van der Waals surface area contributed by atoms with Crippen molar-refractivity contribution in [1.29, 1.82) is 0 Å². The molecule has 0 saturated carbocycles. The molecule has 0 saturated heterocycles. The van der Waals surface area contributed by atoms with E-state index in [0.717, 1.165) is 0 Å². The van der Waals surface area contributed by atoms with Crippen LogP contribution in [0.2, 0.25) is 15.1 Å². The summed E-state index contributed by atoms with van der Waals surface area (Å²) < 4.78 is 5.50. The molecule has 0 aromatic heterocycles. The van der Waals surface area contributed by atoms with E-state index in [2.05, 4.69) is 0 Å². The van der Waals surface area contributed by atoms with Crippen LogP contribution < -0.4 is 10.5 Å². The van der Waals surface area contributed by atoms with Gasteiger partial charge in [-0.15, -0.1) is 0 Å². The zero-order chi connectivity index (χ0) is 12.3. The van der Waals surface area contributed by atoms with Crippen LogP contribution in [0.5, 0.6) is 5.75 Å². The Bertz CT molecular complexity index is 345. The molecule has 1 rings (SSSR count). The Morgan fingerprint density at radius 3 is 2.12 bits per heavy atom. The minimum absolute atomic E-state index is 0.0530. The summed E-state index contributed by atoms with van der Waals surface area (Å²) in [6.07, 6.45) is 0. The fourth-order valence-electron chi connectivity index (χ4n) is 1.04. The average molecular weight is 283 g/mol. The van der Waals surface area contributed by atoms with E-state index in [1.165, 1.54) is 0 Å². The summed E-state index contributed by atoms with van der Waals surface area (Å²) in [5, 5.41) is 1.28. The lowest BCUT2D eigenvalue weighted by molar-refractivity contribution is 0.260. The molecule has 0 spiro atoms. The summed E-state index contributed by atoms with van der Waals surface area (Å²) in [4.78, 5) is 0. The molecule has 0 fully saturated rings. The van der Waals surface area contributed by atoms with E-state index in [4.69, 9.17) is 45.3 Å². The molecule has 2 N–H and O–H groups in total. The van der Waals surface area contributed by atoms with Crippen molar-refractivity contribution in [2.45, 2.75) is 19.9 Å². The lowest BCUT2D eigenvalue weighted by atomic mass is 10.1. The van der Waals surface area contributed by atoms with E-state index in [9.17, 15) is 0 Å². The average Bonchev–Trinajstić information content (AvgIpc) is 2.15. The Labute approximate surface area is 111 Å². The van der Waals surface area contributed by atoms with Crippen LogP contribution in [0.3, 0.4) is 0 Å². The van der Waals surface area contributed by atoms with Gasteiger partial charge in [0.05, 0.1) is 10.0 Å². The standard InChI is InChI=1S/C11H14Cl3NO/c1-6(2)10(15)5-16-11-8(13)3-7(12)4-9(11)14/h3-4,6,10H,5,15H2,1-2H3. The molecule has 0 heterocycles. The monoisotopic (exact) mass is 281 g/mol. The third-order valence-corrected chi connectivity index (χ3v) is 3.02. The molecule has 0 radical (unpaired) electrons. The van der Waals surface area contributed by atoms with E-state index in [1.807, 2.05) is 13.8 Å². The second-order valence-corrected chi connectivity index (χ2v) is 5.17. The van der Waals surface area contributed by atoms with Crippen LogP contribution in [0.15, 0.2) is 12.1 Å². The maximum absolute atomic E-state index is 5.96. The van der Waals surface area contributed by atoms with Gasteiger partial charge in [-0.05, 0) is 18.1 Å². The van der Waals surface area contributed by atoms with Crippen molar-refractivity contribution in [3.8, 4) is 5.75 Å².